The highest BCUT2D eigenvalue weighted by Gasteiger charge is 1.79. The molecule has 0 aromatic rings. The zero-order chi connectivity index (χ0) is 5.70. The van der Waals surface area contributed by atoms with E-state index >= 15 is 0 Å². The van der Waals surface area contributed by atoms with E-state index in [0.717, 1.165) is 6.08 Å². The first kappa shape index (κ1) is 6.17. The van der Waals surface area contributed by atoms with E-state index in [1.165, 1.54) is 6.08 Å². The predicted octanol–water partition coefficient (Wildman–Crippen LogP) is -0.414. The van der Waals surface area contributed by atoms with Crippen LogP contribution in [0.4, 0.5) is 0 Å². The summed E-state index contributed by atoms with van der Waals surface area (Å²) in [5.41, 5.74) is 4.93. The molecule has 0 atom stereocenters. The summed E-state index contributed by atoms with van der Waals surface area (Å²) in [6.45, 7) is 0.284. The van der Waals surface area contributed by atoms with Gasteiger partial charge in [0.05, 0.1) is 0 Å². The Balaban J connectivity index is 3.26. The van der Waals surface area contributed by atoms with Crippen LogP contribution in [-0.2, 0) is 4.79 Å². The third kappa shape index (κ3) is 5.17. The van der Waals surface area contributed by atoms with E-state index in [1.54, 1.807) is 0 Å². The van der Waals surface area contributed by atoms with E-state index in [9.17, 15) is 4.79 Å². The summed E-state index contributed by atoms with van der Waals surface area (Å²) in [5, 5.41) is 7.90. The lowest BCUT2D eigenvalue weighted by molar-refractivity contribution is -0.131. The average molecular weight is 102 g/mol. The summed E-state index contributed by atoms with van der Waals surface area (Å²) >= 11 is 0. The van der Waals surface area contributed by atoms with Crippen molar-refractivity contribution in [2.45, 2.75) is 0 Å². The molecule has 0 fully saturated rings. The zero-order valence-electron chi connectivity index (χ0n) is 3.79. The summed E-state index contributed by atoms with van der Waals surface area (Å²) in [6, 6.07) is 0. The maximum Gasteiger partial charge on any atom is 0.328 e. The molecule has 0 unspecified atom stereocenters. The van der Waals surface area contributed by atoms with E-state index in [-0.39, 0.29) is 6.54 Å². The molecule has 3 heteroatoms. The minimum absolute atomic E-state index is 0.284. The van der Waals surface area contributed by atoms with Gasteiger partial charge in [-0.1, -0.05) is 6.08 Å². The van der Waals surface area contributed by atoms with E-state index in [4.69, 9.17) is 10.8 Å². The van der Waals surface area contributed by atoms with Gasteiger partial charge in [0.2, 0.25) is 0 Å². The lowest BCUT2D eigenvalue weighted by Crippen LogP contribution is -1.95. The summed E-state index contributed by atoms with van der Waals surface area (Å²) in [6.07, 6.45) is 2.39. The van der Waals surface area contributed by atoms with Crippen LogP contribution in [-0.4, -0.2) is 17.6 Å². The predicted molar refractivity (Wildman–Crippen MR) is 25.8 cm³/mol. The van der Waals surface area contributed by atoms with Crippen LogP contribution in [0.2, 0.25) is 0 Å². The van der Waals surface area contributed by atoms with Crippen molar-refractivity contribution < 1.29 is 9.90 Å². The standard InChI is InChI=1S/C4H7NO2/c5-3-1-2-4(6)7/h1-2H,3,5H2,(H,6,7)/b2-1+/i4+1. The van der Waals surface area contributed by atoms with Gasteiger partial charge in [0.25, 0.3) is 0 Å². The fourth-order valence-corrected chi connectivity index (χ4v) is 0.169. The number of hydrogen-bond donors (Lipinski definition) is 2. The Labute approximate surface area is 41.4 Å². The Hall–Kier alpha value is -0.830. The Morgan fingerprint density at radius 3 is 2.57 bits per heavy atom. The topological polar surface area (TPSA) is 63.3 Å². The Morgan fingerprint density at radius 2 is 2.43 bits per heavy atom. The summed E-state index contributed by atoms with van der Waals surface area (Å²) < 4.78 is 0. The SMILES string of the molecule is NC/C=C/[13C](=O)O. The van der Waals surface area contributed by atoms with Gasteiger partial charge in [0, 0.05) is 12.6 Å². The van der Waals surface area contributed by atoms with Crippen molar-refractivity contribution in [3.63, 3.8) is 0 Å². The molecule has 40 valence electrons. The van der Waals surface area contributed by atoms with Gasteiger partial charge >= 0.3 is 5.97 Å². The molecule has 0 rings (SSSR count). The third-order valence-electron chi connectivity index (χ3n) is 0.397. The first-order valence-corrected chi connectivity index (χ1v) is 1.87. The molecule has 0 aromatic carbocycles. The molecule has 3 nitrogen and oxygen atoms in total. The van der Waals surface area contributed by atoms with Crippen LogP contribution in [0, 0.1) is 0 Å². The number of aliphatic carboxylic acids is 1. The fourth-order valence-electron chi connectivity index (χ4n) is 0.169. The van der Waals surface area contributed by atoms with Gasteiger partial charge < -0.3 is 10.8 Å². The monoisotopic (exact) mass is 102 g/mol. The van der Waals surface area contributed by atoms with E-state index in [2.05, 4.69) is 0 Å². The molecule has 3 N–H and O–H groups in total. The molecule has 0 aliphatic heterocycles. The van der Waals surface area contributed by atoms with E-state index in [0.29, 0.717) is 0 Å². The number of hydrogen-bond acceptors (Lipinski definition) is 2. The molecule has 0 bridgehead atoms. The van der Waals surface area contributed by atoms with Gasteiger partial charge in [-0.3, -0.25) is 0 Å². The number of nitrogens with two attached hydrogens (primary N) is 1. The van der Waals surface area contributed by atoms with Crippen molar-refractivity contribution in [1.82, 2.24) is 0 Å². The second-order valence-electron chi connectivity index (χ2n) is 0.976. The lowest BCUT2D eigenvalue weighted by atomic mass is 10.6. The first-order valence-electron chi connectivity index (χ1n) is 1.87. The van der Waals surface area contributed by atoms with Gasteiger partial charge in [-0.2, -0.15) is 0 Å². The Kier molecular flexibility index (Phi) is 2.96. The molecule has 0 spiro atoms. The molecule has 0 heterocycles. The van der Waals surface area contributed by atoms with Crippen molar-refractivity contribution in [1.29, 1.82) is 0 Å². The Bertz CT molecular complexity index is 87.7. The van der Waals surface area contributed by atoms with Crippen LogP contribution in [0.3, 0.4) is 0 Å². The summed E-state index contributed by atoms with van der Waals surface area (Å²) in [4.78, 5) is 9.62. The van der Waals surface area contributed by atoms with Gasteiger partial charge in [0.1, 0.15) is 0 Å². The van der Waals surface area contributed by atoms with Crippen molar-refractivity contribution in [3.8, 4) is 0 Å². The molecule has 0 aromatic heterocycles. The van der Waals surface area contributed by atoms with E-state index in [1.807, 2.05) is 0 Å². The number of carboxylic acids is 1. The second-order valence-corrected chi connectivity index (χ2v) is 0.976. The minimum atomic E-state index is -0.953. The van der Waals surface area contributed by atoms with Crippen LogP contribution in [0.1, 0.15) is 0 Å². The molecule has 0 saturated carbocycles. The number of rotatable bonds is 2. The lowest BCUT2D eigenvalue weighted by Gasteiger charge is -1.74. The van der Waals surface area contributed by atoms with Crippen LogP contribution < -0.4 is 5.73 Å². The highest BCUT2D eigenvalue weighted by atomic mass is 16.5. The van der Waals surface area contributed by atoms with Crippen LogP contribution in [0.5, 0.6) is 0 Å². The Morgan fingerprint density at radius 1 is 1.86 bits per heavy atom. The van der Waals surface area contributed by atoms with Crippen molar-refractivity contribution in [3.05, 3.63) is 12.2 Å². The average Bonchev–Trinajstić information content (AvgIpc) is 1.61. The third-order valence-corrected chi connectivity index (χ3v) is 0.397. The fraction of sp³-hybridized carbons (Fsp3) is 0.250. The molecular formula is C4H7NO2. The van der Waals surface area contributed by atoms with Gasteiger partial charge in [-0.15, -0.1) is 0 Å². The van der Waals surface area contributed by atoms with Crippen molar-refractivity contribution >= 4 is 5.97 Å². The van der Waals surface area contributed by atoms with Crippen LogP contribution in [0.15, 0.2) is 12.2 Å². The molecule has 0 radical (unpaired) electrons. The highest BCUT2D eigenvalue weighted by molar-refractivity contribution is 5.79. The number of carboxylic acid groups (broad SMARTS) is 1. The summed E-state index contributed by atoms with van der Waals surface area (Å²) in [7, 11) is 0. The molecule has 0 aliphatic rings. The van der Waals surface area contributed by atoms with Gasteiger partial charge in [0.15, 0.2) is 0 Å². The summed E-state index contributed by atoms with van der Waals surface area (Å²) in [5.74, 6) is -0.953. The molecule has 0 amide bonds. The van der Waals surface area contributed by atoms with E-state index < -0.39 is 5.97 Å². The van der Waals surface area contributed by atoms with Crippen LogP contribution >= 0.6 is 0 Å². The smallest absolute Gasteiger partial charge is 0.328 e. The molecule has 0 saturated heterocycles. The van der Waals surface area contributed by atoms with Crippen molar-refractivity contribution in [2.24, 2.45) is 5.73 Å². The molecule has 0 aliphatic carbocycles. The van der Waals surface area contributed by atoms with Crippen LogP contribution in [0.25, 0.3) is 0 Å². The van der Waals surface area contributed by atoms with Crippen molar-refractivity contribution in [2.75, 3.05) is 6.54 Å². The highest BCUT2D eigenvalue weighted by Crippen LogP contribution is 1.65. The zero-order valence-corrected chi connectivity index (χ0v) is 3.79. The largest absolute Gasteiger partial charge is 0.478 e. The second kappa shape index (κ2) is 3.36. The molecular weight excluding hydrogens is 95.0 g/mol. The number of carbonyl (C=O) groups is 1. The first-order chi connectivity index (χ1) is 3.27. The molecule has 7 heavy (non-hydrogen) atoms. The normalized spacial score (nSPS) is 9.86. The van der Waals surface area contributed by atoms with Gasteiger partial charge in [-0.25, -0.2) is 4.79 Å². The maximum atomic E-state index is 9.62. The quantitative estimate of drug-likeness (QED) is 0.368. The maximum absolute atomic E-state index is 9.62. The van der Waals surface area contributed by atoms with Gasteiger partial charge in [-0.05, 0) is 0 Å². The minimum Gasteiger partial charge on any atom is -0.478 e.